The molecule has 3 aromatic rings. The minimum absolute atomic E-state index is 0.0611. The van der Waals surface area contributed by atoms with Crippen LogP contribution in [0.1, 0.15) is 56.4 Å². The van der Waals surface area contributed by atoms with Crippen LogP contribution in [0, 0.1) is 0 Å². The Morgan fingerprint density at radius 2 is 1.45 bits per heavy atom. The summed E-state index contributed by atoms with van der Waals surface area (Å²) in [5, 5.41) is 3.88. The molecule has 38 heavy (non-hydrogen) atoms. The van der Waals surface area contributed by atoms with Crippen molar-refractivity contribution < 1.29 is 23.7 Å². The predicted octanol–water partition coefficient (Wildman–Crippen LogP) is 3.96. The van der Waals surface area contributed by atoms with E-state index in [9.17, 15) is 19.2 Å². The first-order chi connectivity index (χ1) is 18.4. The minimum atomic E-state index is -0.0724. The molecule has 0 atom stereocenters. The number of piperidine rings is 2. The van der Waals surface area contributed by atoms with E-state index in [2.05, 4.69) is 15.1 Å². The van der Waals surface area contributed by atoms with Gasteiger partial charge in [-0.05, 0) is 19.3 Å². The third-order valence-corrected chi connectivity index (χ3v) is 6.56. The van der Waals surface area contributed by atoms with Gasteiger partial charge in [-0.15, -0.1) is 0 Å². The maximum Gasteiger partial charge on any atom is 0.229 e. The van der Waals surface area contributed by atoms with Gasteiger partial charge in [-0.2, -0.15) is 0 Å². The van der Waals surface area contributed by atoms with E-state index in [4.69, 9.17) is 16.1 Å². The van der Waals surface area contributed by atoms with Crippen LogP contribution in [0.25, 0.3) is 11.4 Å². The lowest BCUT2D eigenvalue weighted by atomic mass is 10.1. The Bertz CT molecular complexity index is 1240. The number of aryl methyl sites for hydroxylation is 1. The Balaban J connectivity index is 0.000000181. The number of likely N-dealkylation sites (tertiary alicyclic amines) is 2. The van der Waals surface area contributed by atoms with E-state index in [1.807, 2.05) is 30.3 Å². The lowest BCUT2D eigenvalue weighted by Crippen LogP contribution is -2.41. The van der Waals surface area contributed by atoms with Crippen LogP contribution in [-0.2, 0) is 32.0 Å². The highest BCUT2D eigenvalue weighted by atomic mass is 35.5. The summed E-state index contributed by atoms with van der Waals surface area (Å²) in [6.45, 7) is 0.865. The van der Waals surface area contributed by atoms with Crippen molar-refractivity contribution in [2.45, 2.75) is 57.8 Å². The molecule has 2 aliphatic rings. The number of carbonyl (C=O) groups excluding carboxylic acids is 4. The van der Waals surface area contributed by atoms with Crippen molar-refractivity contribution in [3.63, 3.8) is 0 Å². The van der Waals surface area contributed by atoms with E-state index in [0.717, 1.165) is 17.1 Å². The first-order valence-corrected chi connectivity index (χ1v) is 13.2. The van der Waals surface area contributed by atoms with Crippen molar-refractivity contribution in [2.24, 2.45) is 0 Å². The monoisotopic (exact) mass is 539 g/mol. The first kappa shape index (κ1) is 27.3. The van der Waals surface area contributed by atoms with Crippen LogP contribution in [0.15, 0.2) is 47.1 Å². The fourth-order valence-corrected chi connectivity index (χ4v) is 4.53. The summed E-state index contributed by atoms with van der Waals surface area (Å²) in [7, 11) is 0. The number of nitrogens with one attached hydrogen (secondary N) is 1. The Labute approximate surface area is 225 Å². The van der Waals surface area contributed by atoms with Crippen molar-refractivity contribution in [2.75, 3.05) is 13.1 Å². The summed E-state index contributed by atoms with van der Waals surface area (Å²) in [6.07, 6.45) is 6.91. The lowest BCUT2D eigenvalue weighted by molar-refractivity contribution is -0.149. The smallest absolute Gasteiger partial charge is 0.229 e. The minimum Gasteiger partial charge on any atom is -0.360 e. The zero-order chi connectivity index (χ0) is 26.9. The number of aromatic amines is 1. The number of hydrogen-bond acceptors (Lipinski definition) is 7. The lowest BCUT2D eigenvalue weighted by Gasteiger charge is -2.24. The normalized spacial score (nSPS) is 16.0. The number of H-pyrrole nitrogens is 1. The third kappa shape index (κ3) is 7.38. The molecular formula is C27H30ClN5O5. The summed E-state index contributed by atoms with van der Waals surface area (Å²) >= 11 is 5.61. The number of nitrogens with zero attached hydrogens (tertiary/aromatic N) is 4. The van der Waals surface area contributed by atoms with Crippen LogP contribution in [0.5, 0.6) is 0 Å². The van der Waals surface area contributed by atoms with Gasteiger partial charge in [-0.3, -0.25) is 29.0 Å². The average molecular weight is 540 g/mol. The Hall–Kier alpha value is -3.79. The van der Waals surface area contributed by atoms with E-state index >= 15 is 0 Å². The fourth-order valence-electron chi connectivity index (χ4n) is 4.38. The Morgan fingerprint density at radius 1 is 0.842 bits per heavy atom. The number of carbonyl (C=O) groups is 4. The van der Waals surface area contributed by atoms with Crippen LogP contribution >= 0.6 is 11.6 Å². The summed E-state index contributed by atoms with van der Waals surface area (Å²) in [5.41, 5.74) is 1.95. The largest absolute Gasteiger partial charge is 0.360 e. The van der Waals surface area contributed by atoms with Crippen LogP contribution < -0.4 is 0 Å². The molecule has 1 N–H and O–H groups in total. The number of hydrogen-bond donors (Lipinski definition) is 1. The van der Waals surface area contributed by atoms with Gasteiger partial charge in [0.15, 0.2) is 5.15 Å². The molecule has 1 aromatic carbocycles. The van der Waals surface area contributed by atoms with Crippen molar-refractivity contribution in [3.05, 3.63) is 59.2 Å². The SMILES string of the molecule is O=C1CCCC(=O)N1CCCc1cc(Cl)no1.O=C1CCCC(=O)N1CCc1cnc(-c2ccccc2)[nH]1. The summed E-state index contributed by atoms with van der Waals surface area (Å²) in [6, 6.07) is 11.5. The average Bonchev–Trinajstić information content (AvgIpc) is 3.55. The molecule has 11 heteroatoms. The number of imidazole rings is 1. The van der Waals surface area contributed by atoms with Gasteiger partial charge in [-0.1, -0.05) is 47.1 Å². The van der Waals surface area contributed by atoms with Gasteiger partial charge in [-0.25, -0.2) is 4.98 Å². The molecule has 0 spiro atoms. The van der Waals surface area contributed by atoms with Gasteiger partial charge in [0.25, 0.3) is 0 Å². The zero-order valence-corrected chi connectivity index (χ0v) is 21.8. The third-order valence-electron chi connectivity index (χ3n) is 6.38. The molecule has 4 amide bonds. The standard InChI is InChI=1S/C16H17N3O2.C11H13ClN2O3/c20-14-7-4-8-15(21)19(14)10-9-13-11-17-16(18-13)12-5-2-1-3-6-12;12-9-7-8(17-13-9)3-2-6-14-10(15)4-1-5-11(14)16/h1-3,5-6,11H,4,7-10H2,(H,17,18);7H,1-6H2. The molecule has 4 heterocycles. The summed E-state index contributed by atoms with van der Waals surface area (Å²) < 4.78 is 4.94. The molecule has 2 aromatic heterocycles. The molecule has 0 aliphatic carbocycles. The number of halogens is 1. The quantitative estimate of drug-likeness (QED) is 0.429. The van der Waals surface area contributed by atoms with E-state index in [1.54, 1.807) is 12.3 Å². The zero-order valence-electron chi connectivity index (χ0n) is 21.0. The van der Waals surface area contributed by atoms with Crippen LogP contribution in [-0.4, -0.2) is 61.6 Å². The molecule has 2 aliphatic heterocycles. The van der Waals surface area contributed by atoms with Crippen LogP contribution in [0.2, 0.25) is 5.15 Å². The first-order valence-electron chi connectivity index (χ1n) is 12.8. The molecule has 0 bridgehead atoms. The van der Waals surface area contributed by atoms with E-state index in [0.29, 0.717) is 81.8 Å². The second-order valence-corrected chi connectivity index (χ2v) is 9.57. The van der Waals surface area contributed by atoms with E-state index in [-0.39, 0.29) is 23.6 Å². The highest BCUT2D eigenvalue weighted by molar-refractivity contribution is 6.29. The molecule has 200 valence electrons. The Kier molecular flexibility index (Phi) is 9.42. The number of imide groups is 2. The molecular weight excluding hydrogens is 510 g/mol. The highest BCUT2D eigenvalue weighted by Crippen LogP contribution is 2.17. The van der Waals surface area contributed by atoms with Crippen molar-refractivity contribution in [1.29, 1.82) is 0 Å². The van der Waals surface area contributed by atoms with Crippen molar-refractivity contribution in [1.82, 2.24) is 24.9 Å². The van der Waals surface area contributed by atoms with Gasteiger partial charge in [0.1, 0.15) is 11.6 Å². The Morgan fingerprint density at radius 3 is 2.03 bits per heavy atom. The number of benzene rings is 1. The second kappa shape index (κ2) is 13.1. The van der Waals surface area contributed by atoms with Gasteiger partial charge in [0.2, 0.25) is 23.6 Å². The molecule has 0 saturated carbocycles. The molecule has 10 nitrogen and oxygen atoms in total. The summed E-state index contributed by atoms with van der Waals surface area (Å²) in [4.78, 5) is 56.7. The molecule has 0 radical (unpaired) electrons. The maximum atomic E-state index is 11.7. The molecule has 2 saturated heterocycles. The second-order valence-electron chi connectivity index (χ2n) is 9.18. The maximum absolute atomic E-state index is 11.7. The van der Waals surface area contributed by atoms with E-state index in [1.165, 1.54) is 9.80 Å². The van der Waals surface area contributed by atoms with Gasteiger partial charge in [0, 0.05) is 75.1 Å². The number of aromatic nitrogens is 3. The number of rotatable bonds is 8. The predicted molar refractivity (Wildman–Crippen MR) is 139 cm³/mol. The topological polar surface area (TPSA) is 129 Å². The summed E-state index contributed by atoms with van der Waals surface area (Å²) in [5.74, 6) is 1.21. The van der Waals surface area contributed by atoms with Crippen molar-refractivity contribution >= 4 is 35.2 Å². The van der Waals surface area contributed by atoms with Gasteiger partial charge in [0.05, 0.1) is 0 Å². The van der Waals surface area contributed by atoms with Crippen LogP contribution in [0.3, 0.4) is 0 Å². The van der Waals surface area contributed by atoms with Gasteiger partial charge >= 0.3 is 0 Å². The number of amides is 4. The molecule has 5 rings (SSSR count). The molecule has 0 unspecified atom stereocenters. The van der Waals surface area contributed by atoms with Gasteiger partial charge < -0.3 is 9.51 Å². The molecule has 2 fully saturated rings. The van der Waals surface area contributed by atoms with Crippen molar-refractivity contribution in [3.8, 4) is 11.4 Å². The van der Waals surface area contributed by atoms with E-state index < -0.39 is 0 Å². The highest BCUT2D eigenvalue weighted by Gasteiger charge is 2.26. The van der Waals surface area contributed by atoms with Crippen LogP contribution in [0.4, 0.5) is 0 Å². The fraction of sp³-hybridized carbons (Fsp3) is 0.407.